The number of thiophene rings is 1. The van der Waals surface area contributed by atoms with Crippen LogP contribution < -0.4 is 19.5 Å². The fraction of sp³-hybridized carbons (Fsp3) is 0.375. The zero-order valence-electron chi connectivity index (χ0n) is 14.9. The van der Waals surface area contributed by atoms with Gasteiger partial charge in [0.25, 0.3) is 10.0 Å². The maximum absolute atomic E-state index is 13.2. The fourth-order valence-electron chi connectivity index (χ4n) is 2.90. The second kappa shape index (κ2) is 7.40. The van der Waals surface area contributed by atoms with Crippen LogP contribution in [-0.4, -0.2) is 37.0 Å². The van der Waals surface area contributed by atoms with Gasteiger partial charge in [-0.1, -0.05) is 13.0 Å². The average Bonchev–Trinajstić information content (AvgIpc) is 3.08. The van der Waals surface area contributed by atoms with Crippen molar-refractivity contribution in [3.05, 3.63) is 35.2 Å². The van der Waals surface area contributed by atoms with Crippen LogP contribution in [0.1, 0.15) is 24.3 Å². The van der Waals surface area contributed by atoms with Gasteiger partial charge in [0.1, 0.15) is 14.9 Å². The van der Waals surface area contributed by atoms with Crippen LogP contribution in [-0.2, 0) is 20.0 Å². The summed E-state index contributed by atoms with van der Waals surface area (Å²) in [5, 5.41) is 8.52. The topological polar surface area (TPSA) is 119 Å². The van der Waals surface area contributed by atoms with E-state index in [4.69, 9.17) is 9.88 Å². The standard InChI is InChI=1S/C16H21N3O5S3/c1-3-7-18-13-10-19(11-5-4-6-12(8-11)24-2)27(22,23)14-9-15(25-16(13)14)26(17,20)21/h4-6,8-9,13,18H,3,7,10H2,1-2H3,(H2,17,20,21)/t13-/m1/s1. The molecule has 0 aliphatic carbocycles. The molecule has 27 heavy (non-hydrogen) atoms. The largest absolute Gasteiger partial charge is 0.497 e. The lowest BCUT2D eigenvalue weighted by molar-refractivity contribution is 0.415. The van der Waals surface area contributed by atoms with E-state index in [9.17, 15) is 16.8 Å². The van der Waals surface area contributed by atoms with E-state index in [1.807, 2.05) is 6.92 Å². The predicted molar refractivity (Wildman–Crippen MR) is 104 cm³/mol. The van der Waals surface area contributed by atoms with Gasteiger partial charge in [0.2, 0.25) is 10.0 Å². The summed E-state index contributed by atoms with van der Waals surface area (Å²) >= 11 is 0.902. The second-order valence-corrected chi connectivity index (χ2v) is 10.8. The maximum Gasteiger partial charge on any atom is 0.265 e. The molecule has 0 saturated heterocycles. The quantitative estimate of drug-likeness (QED) is 0.718. The number of hydrogen-bond acceptors (Lipinski definition) is 7. The Morgan fingerprint density at radius 1 is 1.37 bits per heavy atom. The van der Waals surface area contributed by atoms with Gasteiger partial charge in [-0.25, -0.2) is 22.0 Å². The van der Waals surface area contributed by atoms with Gasteiger partial charge in [0.05, 0.1) is 25.4 Å². The smallest absolute Gasteiger partial charge is 0.265 e. The molecule has 2 aromatic rings. The first-order valence-corrected chi connectivity index (χ1v) is 12.1. The van der Waals surface area contributed by atoms with Crippen molar-refractivity contribution in [2.45, 2.75) is 28.5 Å². The molecule has 11 heteroatoms. The second-order valence-electron chi connectivity index (χ2n) is 6.08. The molecular weight excluding hydrogens is 410 g/mol. The Hall–Kier alpha value is -1.66. The monoisotopic (exact) mass is 431 g/mol. The Kier molecular flexibility index (Phi) is 5.50. The molecule has 0 radical (unpaired) electrons. The Bertz CT molecular complexity index is 1050. The van der Waals surface area contributed by atoms with E-state index in [2.05, 4.69) is 5.32 Å². The number of nitrogens with one attached hydrogen (secondary N) is 1. The van der Waals surface area contributed by atoms with E-state index in [-0.39, 0.29) is 21.7 Å². The highest BCUT2D eigenvalue weighted by atomic mass is 32.2. The first-order chi connectivity index (χ1) is 12.7. The molecule has 0 spiro atoms. The zero-order chi connectivity index (χ0) is 19.8. The molecule has 0 bridgehead atoms. The summed E-state index contributed by atoms with van der Waals surface area (Å²) in [4.78, 5) is 0.436. The average molecular weight is 432 g/mol. The molecule has 3 rings (SSSR count). The number of benzene rings is 1. The minimum absolute atomic E-state index is 0.0285. The third-order valence-corrected chi connectivity index (χ3v) is 8.83. The van der Waals surface area contributed by atoms with E-state index in [0.29, 0.717) is 22.9 Å². The summed E-state index contributed by atoms with van der Waals surface area (Å²) in [6.45, 7) is 2.81. The number of fused-ring (bicyclic) bond motifs is 1. The molecule has 1 aromatic carbocycles. The number of nitrogens with two attached hydrogens (primary N) is 1. The lowest BCUT2D eigenvalue weighted by Crippen LogP contribution is -2.43. The van der Waals surface area contributed by atoms with Crippen molar-refractivity contribution in [1.29, 1.82) is 0 Å². The summed E-state index contributed by atoms with van der Waals surface area (Å²) in [5.74, 6) is 0.530. The molecule has 0 unspecified atom stereocenters. The predicted octanol–water partition coefficient (Wildman–Crippen LogP) is 1.65. The first-order valence-electron chi connectivity index (χ1n) is 8.25. The lowest BCUT2D eigenvalue weighted by Gasteiger charge is -2.34. The number of hydrogen-bond donors (Lipinski definition) is 2. The highest BCUT2D eigenvalue weighted by Gasteiger charge is 2.40. The SMILES string of the molecule is CCCN[C@@H]1CN(c2cccc(OC)c2)S(=O)(=O)c2cc(S(N)(=O)=O)sc21. The van der Waals surface area contributed by atoms with Crippen LogP contribution >= 0.6 is 11.3 Å². The number of ether oxygens (including phenoxy) is 1. The minimum Gasteiger partial charge on any atom is -0.497 e. The Labute approximate surface area is 163 Å². The van der Waals surface area contributed by atoms with Gasteiger partial charge < -0.3 is 10.1 Å². The number of rotatable bonds is 6. The fourth-order valence-corrected chi connectivity index (χ4v) is 7.00. The Morgan fingerprint density at radius 3 is 2.74 bits per heavy atom. The molecule has 0 saturated carbocycles. The van der Waals surface area contributed by atoms with E-state index in [1.165, 1.54) is 11.4 Å². The summed E-state index contributed by atoms with van der Waals surface area (Å²) in [6.07, 6.45) is 0.852. The van der Waals surface area contributed by atoms with E-state index < -0.39 is 20.0 Å². The summed E-state index contributed by atoms with van der Waals surface area (Å²) in [6, 6.07) is 7.55. The van der Waals surface area contributed by atoms with Crippen molar-refractivity contribution in [3.8, 4) is 5.75 Å². The molecule has 8 nitrogen and oxygen atoms in total. The van der Waals surface area contributed by atoms with E-state index in [0.717, 1.165) is 23.8 Å². The van der Waals surface area contributed by atoms with Crippen LogP contribution in [0.4, 0.5) is 5.69 Å². The van der Waals surface area contributed by atoms with Crippen LogP contribution in [0.3, 0.4) is 0 Å². The van der Waals surface area contributed by atoms with Crippen LogP contribution in [0, 0.1) is 0 Å². The van der Waals surface area contributed by atoms with Crippen molar-refractivity contribution in [3.63, 3.8) is 0 Å². The number of nitrogens with zero attached hydrogens (tertiary/aromatic N) is 1. The van der Waals surface area contributed by atoms with Crippen molar-refractivity contribution >= 4 is 37.1 Å². The minimum atomic E-state index is -4.00. The van der Waals surface area contributed by atoms with Gasteiger partial charge in [0, 0.05) is 10.9 Å². The van der Waals surface area contributed by atoms with Crippen molar-refractivity contribution in [1.82, 2.24) is 5.32 Å². The normalized spacial score (nSPS) is 18.9. The maximum atomic E-state index is 13.2. The molecule has 0 fully saturated rings. The molecule has 1 aliphatic heterocycles. The molecule has 3 N–H and O–H groups in total. The summed E-state index contributed by atoms with van der Waals surface area (Å²) in [5.41, 5.74) is 0.451. The molecule has 2 heterocycles. The number of sulfonamides is 2. The van der Waals surface area contributed by atoms with Crippen molar-refractivity contribution in [2.24, 2.45) is 5.14 Å². The van der Waals surface area contributed by atoms with Crippen LogP contribution in [0.15, 0.2) is 39.4 Å². The summed E-state index contributed by atoms with van der Waals surface area (Å²) < 4.78 is 56.2. The molecular formula is C16H21N3O5S3. The Morgan fingerprint density at radius 2 is 2.11 bits per heavy atom. The Balaban J connectivity index is 2.14. The van der Waals surface area contributed by atoms with Crippen molar-refractivity contribution in [2.75, 3.05) is 24.5 Å². The van der Waals surface area contributed by atoms with Gasteiger partial charge in [0.15, 0.2) is 0 Å². The molecule has 1 aromatic heterocycles. The van der Waals surface area contributed by atoms with E-state index in [1.54, 1.807) is 24.3 Å². The van der Waals surface area contributed by atoms with Gasteiger partial charge in [-0.3, -0.25) is 4.31 Å². The van der Waals surface area contributed by atoms with Gasteiger partial charge in [-0.05, 0) is 31.2 Å². The lowest BCUT2D eigenvalue weighted by atomic mass is 10.2. The molecule has 1 aliphatic rings. The third kappa shape index (κ3) is 3.83. The number of methoxy groups -OCH3 is 1. The number of primary sulfonamides is 1. The van der Waals surface area contributed by atoms with Gasteiger partial charge in [-0.2, -0.15) is 0 Å². The van der Waals surface area contributed by atoms with E-state index >= 15 is 0 Å². The highest BCUT2D eigenvalue weighted by Crippen LogP contribution is 2.42. The zero-order valence-corrected chi connectivity index (χ0v) is 17.3. The molecule has 148 valence electrons. The van der Waals surface area contributed by atoms with Gasteiger partial charge in [-0.15, -0.1) is 11.3 Å². The van der Waals surface area contributed by atoms with Crippen LogP contribution in [0.25, 0.3) is 0 Å². The highest BCUT2D eigenvalue weighted by molar-refractivity contribution is 7.93. The van der Waals surface area contributed by atoms with Crippen molar-refractivity contribution < 1.29 is 21.6 Å². The third-order valence-electron chi connectivity index (χ3n) is 4.20. The molecule has 0 amide bonds. The van der Waals surface area contributed by atoms with Crippen LogP contribution in [0.5, 0.6) is 5.75 Å². The number of anilines is 1. The molecule has 1 atom stereocenters. The summed E-state index contributed by atoms with van der Waals surface area (Å²) in [7, 11) is -6.42. The van der Waals surface area contributed by atoms with Crippen LogP contribution in [0.2, 0.25) is 0 Å². The first kappa shape index (κ1) is 20.1. The van der Waals surface area contributed by atoms with Gasteiger partial charge >= 0.3 is 0 Å².